The normalized spacial score (nSPS) is 10.2. The van der Waals surface area contributed by atoms with Gasteiger partial charge < -0.3 is 15.4 Å². The summed E-state index contributed by atoms with van der Waals surface area (Å²) in [6.07, 6.45) is 2.79. The molecule has 7 heteroatoms. The van der Waals surface area contributed by atoms with Crippen molar-refractivity contribution in [3.8, 4) is 5.75 Å². The lowest BCUT2D eigenvalue weighted by Crippen LogP contribution is -2.13. The molecule has 2 aromatic carbocycles. The monoisotopic (exact) mass is 338 g/mol. The summed E-state index contributed by atoms with van der Waals surface area (Å²) in [5.41, 5.74) is 1.46. The van der Waals surface area contributed by atoms with Crippen LogP contribution in [0.4, 0.5) is 21.7 Å². The molecule has 0 unspecified atom stereocenters. The van der Waals surface area contributed by atoms with Crippen molar-refractivity contribution >= 4 is 23.2 Å². The van der Waals surface area contributed by atoms with Gasteiger partial charge in [-0.2, -0.15) is 0 Å². The number of nitrogens with zero attached hydrogens (tertiary/aromatic N) is 2. The minimum absolute atomic E-state index is 0.270. The second kappa shape index (κ2) is 7.39. The molecule has 0 aliphatic heterocycles. The van der Waals surface area contributed by atoms with Crippen molar-refractivity contribution in [3.05, 3.63) is 72.3 Å². The Balaban J connectivity index is 1.65. The van der Waals surface area contributed by atoms with Gasteiger partial charge in [0.15, 0.2) is 0 Å². The Kier molecular flexibility index (Phi) is 4.84. The number of carbonyl (C=O) groups is 1. The Morgan fingerprint density at radius 2 is 1.76 bits per heavy atom. The molecule has 3 aromatic rings. The van der Waals surface area contributed by atoms with Crippen molar-refractivity contribution in [1.29, 1.82) is 0 Å². The third-order valence-corrected chi connectivity index (χ3v) is 3.34. The van der Waals surface area contributed by atoms with Gasteiger partial charge in [-0.3, -0.25) is 4.79 Å². The molecule has 2 N–H and O–H groups in total. The van der Waals surface area contributed by atoms with E-state index in [2.05, 4.69) is 20.6 Å². The lowest BCUT2D eigenvalue weighted by Gasteiger charge is -2.07. The average Bonchev–Trinajstić information content (AvgIpc) is 2.63. The van der Waals surface area contributed by atoms with Crippen LogP contribution in [0.1, 0.15) is 10.4 Å². The maximum absolute atomic E-state index is 13.2. The van der Waals surface area contributed by atoms with E-state index in [-0.39, 0.29) is 17.7 Å². The highest BCUT2D eigenvalue weighted by Gasteiger charge is 2.08. The van der Waals surface area contributed by atoms with Gasteiger partial charge in [0.05, 0.1) is 12.7 Å². The summed E-state index contributed by atoms with van der Waals surface area (Å²) in [6, 6.07) is 12.9. The van der Waals surface area contributed by atoms with Crippen LogP contribution < -0.4 is 15.4 Å². The van der Waals surface area contributed by atoms with Gasteiger partial charge in [0.2, 0.25) is 5.95 Å². The van der Waals surface area contributed by atoms with Gasteiger partial charge in [0, 0.05) is 23.8 Å². The van der Waals surface area contributed by atoms with Gasteiger partial charge in [-0.05, 0) is 42.5 Å². The molecule has 0 spiro atoms. The van der Waals surface area contributed by atoms with Crippen LogP contribution in [0.15, 0.2) is 60.9 Å². The molecular formula is C18H15FN4O2. The van der Waals surface area contributed by atoms with E-state index in [1.54, 1.807) is 43.5 Å². The Morgan fingerprint density at radius 3 is 2.40 bits per heavy atom. The van der Waals surface area contributed by atoms with Crippen molar-refractivity contribution in [2.24, 2.45) is 0 Å². The van der Waals surface area contributed by atoms with Crippen LogP contribution in [0.2, 0.25) is 0 Å². The zero-order valence-corrected chi connectivity index (χ0v) is 13.4. The second-order valence-corrected chi connectivity index (χ2v) is 5.11. The summed E-state index contributed by atoms with van der Waals surface area (Å²) in [6.45, 7) is 0. The van der Waals surface area contributed by atoms with E-state index >= 15 is 0 Å². The molecule has 1 heterocycles. The number of amides is 1. The van der Waals surface area contributed by atoms with E-state index in [1.807, 2.05) is 0 Å². The molecule has 0 radical (unpaired) electrons. The molecular weight excluding hydrogens is 323 g/mol. The van der Waals surface area contributed by atoms with Gasteiger partial charge in [0.1, 0.15) is 11.6 Å². The van der Waals surface area contributed by atoms with Crippen LogP contribution in [0.5, 0.6) is 5.75 Å². The standard InChI is InChI=1S/C18H15FN4O2/c1-25-16-7-5-14(6-8-16)22-17(24)12-10-20-18(21-11-12)23-15-4-2-3-13(19)9-15/h2-11H,1H3,(H,22,24)(H,20,21,23). The summed E-state index contributed by atoms with van der Waals surface area (Å²) >= 11 is 0. The zero-order valence-electron chi connectivity index (χ0n) is 13.4. The van der Waals surface area contributed by atoms with Crippen molar-refractivity contribution in [1.82, 2.24) is 9.97 Å². The van der Waals surface area contributed by atoms with Crippen LogP contribution in [-0.4, -0.2) is 23.0 Å². The predicted octanol–water partition coefficient (Wildman–Crippen LogP) is 3.62. The first-order chi connectivity index (χ1) is 12.1. The van der Waals surface area contributed by atoms with Gasteiger partial charge in [-0.1, -0.05) is 6.07 Å². The molecule has 6 nitrogen and oxygen atoms in total. The van der Waals surface area contributed by atoms with Crippen LogP contribution in [0, 0.1) is 5.82 Å². The molecule has 25 heavy (non-hydrogen) atoms. The summed E-state index contributed by atoms with van der Waals surface area (Å²) in [4.78, 5) is 20.3. The molecule has 126 valence electrons. The van der Waals surface area contributed by atoms with E-state index in [4.69, 9.17) is 4.74 Å². The van der Waals surface area contributed by atoms with Crippen LogP contribution in [-0.2, 0) is 0 Å². The number of nitrogens with one attached hydrogen (secondary N) is 2. The SMILES string of the molecule is COc1ccc(NC(=O)c2cnc(Nc3cccc(F)c3)nc2)cc1. The molecule has 0 aliphatic carbocycles. The summed E-state index contributed by atoms with van der Waals surface area (Å²) in [5, 5.41) is 5.61. The Labute approximate surface area is 143 Å². The summed E-state index contributed by atoms with van der Waals surface area (Å²) in [7, 11) is 1.57. The molecule has 0 bridgehead atoms. The van der Waals surface area contributed by atoms with Crippen LogP contribution >= 0.6 is 0 Å². The second-order valence-electron chi connectivity index (χ2n) is 5.11. The van der Waals surface area contributed by atoms with E-state index in [0.717, 1.165) is 0 Å². The zero-order chi connectivity index (χ0) is 17.6. The maximum Gasteiger partial charge on any atom is 0.258 e. The number of carbonyl (C=O) groups excluding carboxylic acids is 1. The summed E-state index contributed by atoms with van der Waals surface area (Å²) < 4.78 is 18.2. The quantitative estimate of drug-likeness (QED) is 0.743. The van der Waals surface area contributed by atoms with Gasteiger partial charge >= 0.3 is 0 Å². The summed E-state index contributed by atoms with van der Waals surface area (Å²) in [5.74, 6) is 0.281. The minimum atomic E-state index is -0.361. The molecule has 0 saturated heterocycles. The highest BCUT2D eigenvalue weighted by atomic mass is 19.1. The van der Waals surface area contributed by atoms with E-state index in [1.165, 1.54) is 24.5 Å². The average molecular weight is 338 g/mol. The van der Waals surface area contributed by atoms with Gasteiger partial charge in [-0.15, -0.1) is 0 Å². The fraction of sp³-hybridized carbons (Fsp3) is 0.0556. The Morgan fingerprint density at radius 1 is 1.04 bits per heavy atom. The number of hydrogen-bond acceptors (Lipinski definition) is 5. The molecule has 0 aliphatic rings. The smallest absolute Gasteiger partial charge is 0.258 e. The lowest BCUT2D eigenvalue weighted by molar-refractivity contribution is 0.102. The number of ether oxygens (including phenoxy) is 1. The Bertz CT molecular complexity index is 867. The number of hydrogen-bond donors (Lipinski definition) is 2. The van der Waals surface area contributed by atoms with Gasteiger partial charge in [-0.25, -0.2) is 14.4 Å². The first-order valence-corrected chi connectivity index (χ1v) is 7.44. The predicted molar refractivity (Wildman–Crippen MR) is 92.7 cm³/mol. The number of methoxy groups -OCH3 is 1. The van der Waals surface area contributed by atoms with E-state index in [9.17, 15) is 9.18 Å². The van der Waals surface area contributed by atoms with Crippen molar-refractivity contribution in [2.45, 2.75) is 0 Å². The van der Waals surface area contributed by atoms with Gasteiger partial charge in [0.25, 0.3) is 5.91 Å². The fourth-order valence-electron chi connectivity index (χ4n) is 2.08. The van der Waals surface area contributed by atoms with Crippen molar-refractivity contribution in [2.75, 3.05) is 17.7 Å². The molecule has 0 fully saturated rings. The third kappa shape index (κ3) is 4.29. The lowest BCUT2D eigenvalue weighted by atomic mass is 10.2. The molecule has 3 rings (SSSR count). The first kappa shape index (κ1) is 16.4. The molecule has 1 amide bonds. The Hall–Kier alpha value is -3.48. The minimum Gasteiger partial charge on any atom is -0.497 e. The highest BCUT2D eigenvalue weighted by Crippen LogP contribution is 2.16. The number of rotatable bonds is 5. The number of halogens is 1. The molecule has 1 aromatic heterocycles. The number of aromatic nitrogens is 2. The highest BCUT2D eigenvalue weighted by molar-refractivity contribution is 6.03. The maximum atomic E-state index is 13.2. The third-order valence-electron chi connectivity index (χ3n) is 3.34. The largest absolute Gasteiger partial charge is 0.497 e. The molecule has 0 saturated carbocycles. The van der Waals surface area contributed by atoms with Crippen molar-refractivity contribution in [3.63, 3.8) is 0 Å². The number of anilines is 3. The van der Waals surface area contributed by atoms with Crippen LogP contribution in [0.3, 0.4) is 0 Å². The topological polar surface area (TPSA) is 76.1 Å². The fourth-order valence-corrected chi connectivity index (χ4v) is 2.08. The van der Waals surface area contributed by atoms with Crippen LogP contribution in [0.25, 0.3) is 0 Å². The van der Waals surface area contributed by atoms with Crippen molar-refractivity contribution < 1.29 is 13.9 Å². The van der Waals surface area contributed by atoms with E-state index in [0.29, 0.717) is 22.7 Å². The molecule has 0 atom stereocenters. The van der Waals surface area contributed by atoms with E-state index < -0.39 is 0 Å². The first-order valence-electron chi connectivity index (χ1n) is 7.44. The number of benzene rings is 2.